The number of imidazole rings is 1. The first-order valence-electron chi connectivity index (χ1n) is 10.0. The van der Waals surface area contributed by atoms with E-state index in [1.807, 2.05) is 67.2 Å². The van der Waals surface area contributed by atoms with Crippen molar-refractivity contribution in [2.24, 2.45) is 7.05 Å². The first kappa shape index (κ1) is 21.6. The second-order valence-electron chi connectivity index (χ2n) is 7.25. The summed E-state index contributed by atoms with van der Waals surface area (Å²) in [4.78, 5) is 23.0. The molecule has 0 fully saturated rings. The Labute approximate surface area is 190 Å². The van der Waals surface area contributed by atoms with Gasteiger partial charge in [0.25, 0.3) is 5.91 Å². The Hall–Kier alpha value is -3.65. The van der Waals surface area contributed by atoms with Gasteiger partial charge in [0.1, 0.15) is 33.3 Å². The SMILES string of the molecule is COc1cc(OC)cc(C(NC(=O)c2sc(-c3ccccc3)nc2C)c2nccn2C)c1. The summed E-state index contributed by atoms with van der Waals surface area (Å²) < 4.78 is 12.7. The van der Waals surface area contributed by atoms with Crippen molar-refractivity contribution in [3.8, 4) is 22.1 Å². The summed E-state index contributed by atoms with van der Waals surface area (Å²) in [6, 6.07) is 14.9. The molecule has 2 aromatic heterocycles. The monoisotopic (exact) mass is 448 g/mol. The third-order valence-corrected chi connectivity index (χ3v) is 6.33. The molecule has 4 rings (SSSR count). The summed E-state index contributed by atoms with van der Waals surface area (Å²) in [6.45, 7) is 1.85. The summed E-state index contributed by atoms with van der Waals surface area (Å²) >= 11 is 1.37. The van der Waals surface area contributed by atoms with Gasteiger partial charge in [-0.1, -0.05) is 30.3 Å². The van der Waals surface area contributed by atoms with E-state index in [0.717, 1.165) is 16.1 Å². The summed E-state index contributed by atoms with van der Waals surface area (Å²) in [5.41, 5.74) is 2.47. The maximum atomic E-state index is 13.4. The van der Waals surface area contributed by atoms with E-state index in [1.54, 1.807) is 26.5 Å². The molecule has 0 aliphatic rings. The highest BCUT2D eigenvalue weighted by atomic mass is 32.1. The number of nitrogens with zero attached hydrogens (tertiary/aromatic N) is 3. The molecule has 0 radical (unpaired) electrons. The molecule has 0 spiro atoms. The fraction of sp³-hybridized carbons (Fsp3) is 0.208. The quantitative estimate of drug-likeness (QED) is 0.454. The number of ether oxygens (including phenoxy) is 2. The van der Waals surface area contributed by atoms with Crippen molar-refractivity contribution in [3.63, 3.8) is 0 Å². The maximum Gasteiger partial charge on any atom is 0.264 e. The van der Waals surface area contributed by atoms with Crippen LogP contribution in [0.15, 0.2) is 60.9 Å². The first-order valence-corrected chi connectivity index (χ1v) is 10.9. The molecule has 32 heavy (non-hydrogen) atoms. The van der Waals surface area contributed by atoms with Gasteiger partial charge in [-0.25, -0.2) is 9.97 Å². The van der Waals surface area contributed by atoms with Gasteiger partial charge in [-0.3, -0.25) is 4.79 Å². The molecular formula is C24H24N4O3S. The lowest BCUT2D eigenvalue weighted by Gasteiger charge is -2.20. The van der Waals surface area contributed by atoms with Gasteiger partial charge in [-0.2, -0.15) is 0 Å². The lowest BCUT2D eigenvalue weighted by atomic mass is 10.0. The molecule has 164 valence electrons. The Balaban J connectivity index is 1.71. The van der Waals surface area contributed by atoms with Crippen molar-refractivity contribution in [2.45, 2.75) is 13.0 Å². The van der Waals surface area contributed by atoms with E-state index in [4.69, 9.17) is 9.47 Å². The van der Waals surface area contributed by atoms with Crippen molar-refractivity contribution < 1.29 is 14.3 Å². The highest BCUT2D eigenvalue weighted by Gasteiger charge is 2.25. The number of aryl methyl sites for hydroxylation is 2. The number of amides is 1. The van der Waals surface area contributed by atoms with Gasteiger partial charge in [0, 0.05) is 31.1 Å². The number of carbonyl (C=O) groups excluding carboxylic acids is 1. The van der Waals surface area contributed by atoms with E-state index in [-0.39, 0.29) is 5.91 Å². The molecule has 1 atom stereocenters. The number of thiazole rings is 1. The van der Waals surface area contributed by atoms with Crippen LogP contribution in [0.4, 0.5) is 0 Å². The van der Waals surface area contributed by atoms with Crippen LogP contribution in [0.2, 0.25) is 0 Å². The van der Waals surface area contributed by atoms with Gasteiger partial charge in [-0.15, -0.1) is 11.3 Å². The second-order valence-corrected chi connectivity index (χ2v) is 8.25. The van der Waals surface area contributed by atoms with Gasteiger partial charge < -0.3 is 19.4 Å². The number of aromatic nitrogens is 3. The van der Waals surface area contributed by atoms with Crippen LogP contribution in [0.1, 0.15) is 32.8 Å². The average Bonchev–Trinajstić information content (AvgIpc) is 3.42. The van der Waals surface area contributed by atoms with E-state index < -0.39 is 6.04 Å². The minimum absolute atomic E-state index is 0.211. The highest BCUT2D eigenvalue weighted by molar-refractivity contribution is 7.17. The smallest absolute Gasteiger partial charge is 0.264 e. The second kappa shape index (κ2) is 9.23. The Kier molecular flexibility index (Phi) is 6.23. The molecule has 8 heteroatoms. The van der Waals surface area contributed by atoms with Crippen molar-refractivity contribution in [2.75, 3.05) is 14.2 Å². The molecule has 2 aromatic carbocycles. The van der Waals surface area contributed by atoms with Crippen LogP contribution in [0.5, 0.6) is 11.5 Å². The van der Waals surface area contributed by atoms with Gasteiger partial charge >= 0.3 is 0 Å². The average molecular weight is 449 g/mol. The third kappa shape index (κ3) is 4.36. The molecule has 1 N–H and O–H groups in total. The minimum atomic E-state index is -0.506. The molecule has 7 nitrogen and oxygen atoms in total. The van der Waals surface area contributed by atoms with Crippen LogP contribution < -0.4 is 14.8 Å². The van der Waals surface area contributed by atoms with E-state index in [1.165, 1.54) is 11.3 Å². The maximum absolute atomic E-state index is 13.4. The van der Waals surface area contributed by atoms with Crippen LogP contribution in [0.25, 0.3) is 10.6 Å². The van der Waals surface area contributed by atoms with Gasteiger partial charge in [0.15, 0.2) is 0 Å². The fourth-order valence-corrected chi connectivity index (χ4v) is 4.43. The van der Waals surface area contributed by atoms with Gasteiger partial charge in [0.2, 0.25) is 0 Å². The van der Waals surface area contributed by atoms with E-state index >= 15 is 0 Å². The fourth-order valence-electron chi connectivity index (χ4n) is 3.46. The van der Waals surface area contributed by atoms with E-state index in [9.17, 15) is 4.79 Å². The minimum Gasteiger partial charge on any atom is -0.497 e. The predicted octanol–water partition coefficient (Wildman–Crippen LogP) is 4.39. The summed E-state index contributed by atoms with van der Waals surface area (Å²) in [5, 5.41) is 3.95. The van der Waals surface area contributed by atoms with Crippen molar-refractivity contribution >= 4 is 17.2 Å². The summed E-state index contributed by atoms with van der Waals surface area (Å²) in [6.07, 6.45) is 3.55. The van der Waals surface area contributed by atoms with Gasteiger partial charge in [-0.05, 0) is 24.6 Å². The lowest BCUT2D eigenvalue weighted by Crippen LogP contribution is -2.31. The zero-order valence-electron chi connectivity index (χ0n) is 18.3. The number of rotatable bonds is 7. The zero-order chi connectivity index (χ0) is 22.7. The van der Waals surface area contributed by atoms with Crippen LogP contribution >= 0.6 is 11.3 Å². The number of methoxy groups -OCH3 is 2. The van der Waals surface area contributed by atoms with Crippen LogP contribution in [-0.2, 0) is 7.05 Å². The standard InChI is InChI=1S/C24H24N4O3S/c1-15-21(32-24(26-15)16-8-6-5-7-9-16)23(29)27-20(22-25-10-11-28(22)2)17-12-18(30-3)14-19(13-17)31-4/h5-14,20H,1-4H3,(H,27,29). The topological polar surface area (TPSA) is 78.3 Å². The van der Waals surface area contributed by atoms with Crippen LogP contribution in [0, 0.1) is 6.92 Å². The molecule has 1 unspecified atom stereocenters. The number of hydrogen-bond donors (Lipinski definition) is 1. The predicted molar refractivity (Wildman–Crippen MR) is 124 cm³/mol. The zero-order valence-corrected chi connectivity index (χ0v) is 19.1. The Morgan fingerprint density at radius 3 is 2.38 bits per heavy atom. The Morgan fingerprint density at radius 2 is 1.78 bits per heavy atom. The largest absolute Gasteiger partial charge is 0.497 e. The summed E-state index contributed by atoms with van der Waals surface area (Å²) in [7, 11) is 5.09. The normalized spacial score (nSPS) is 11.8. The molecule has 0 aliphatic heterocycles. The first-order chi connectivity index (χ1) is 15.5. The number of hydrogen-bond acceptors (Lipinski definition) is 6. The number of carbonyl (C=O) groups is 1. The van der Waals surface area contributed by atoms with Crippen molar-refractivity contribution in [1.82, 2.24) is 19.9 Å². The van der Waals surface area contributed by atoms with Crippen LogP contribution in [0.3, 0.4) is 0 Å². The molecule has 1 amide bonds. The molecule has 0 aliphatic carbocycles. The molecular weight excluding hydrogens is 424 g/mol. The number of nitrogens with one attached hydrogen (secondary N) is 1. The number of benzene rings is 2. The lowest BCUT2D eigenvalue weighted by molar-refractivity contribution is 0.0944. The molecule has 0 saturated carbocycles. The molecule has 0 bridgehead atoms. The van der Waals surface area contributed by atoms with Gasteiger partial charge in [0.05, 0.1) is 19.9 Å². The van der Waals surface area contributed by atoms with Crippen LogP contribution in [-0.4, -0.2) is 34.7 Å². The summed E-state index contributed by atoms with van der Waals surface area (Å²) in [5.74, 6) is 1.75. The molecule has 0 saturated heterocycles. The van der Waals surface area contributed by atoms with Crippen molar-refractivity contribution in [3.05, 3.63) is 82.9 Å². The molecule has 2 heterocycles. The van der Waals surface area contributed by atoms with Crippen molar-refractivity contribution in [1.29, 1.82) is 0 Å². The van der Waals surface area contributed by atoms with E-state index in [0.29, 0.717) is 27.9 Å². The Morgan fingerprint density at radius 1 is 1.09 bits per heavy atom. The van der Waals surface area contributed by atoms with E-state index in [2.05, 4.69) is 15.3 Å². The highest BCUT2D eigenvalue weighted by Crippen LogP contribution is 2.31. The Bertz CT molecular complexity index is 1210. The third-order valence-electron chi connectivity index (χ3n) is 5.12. The molecule has 4 aromatic rings.